The Morgan fingerprint density at radius 2 is 1.89 bits per heavy atom. The van der Waals surface area contributed by atoms with Gasteiger partial charge in [-0.25, -0.2) is 4.39 Å². The maximum Gasteiger partial charge on any atom is 0.290 e. The molecule has 2 aromatic heterocycles. The van der Waals surface area contributed by atoms with Crippen molar-refractivity contribution < 1.29 is 13.6 Å². The van der Waals surface area contributed by atoms with Gasteiger partial charge in [0.05, 0.1) is 6.54 Å². The van der Waals surface area contributed by atoms with E-state index in [1.165, 1.54) is 16.7 Å². The smallest absolute Gasteiger partial charge is 0.290 e. The summed E-state index contributed by atoms with van der Waals surface area (Å²) in [5.74, 6) is 0.150. The number of furan rings is 1. The van der Waals surface area contributed by atoms with Gasteiger partial charge in [-0.05, 0) is 37.1 Å². The van der Waals surface area contributed by atoms with Gasteiger partial charge in [-0.2, -0.15) is 0 Å². The standard InChI is InChI=1S/C21H19FN2O3/c22-18-6-2-1-5-15(18)13-24(16-8-9-16)21(26)19-11-10-17(27-19)14-23-12-4-3-7-20(23)25/h1-7,10-12,16H,8-9,13-14H2. The van der Waals surface area contributed by atoms with Gasteiger partial charge in [0.1, 0.15) is 11.6 Å². The summed E-state index contributed by atoms with van der Waals surface area (Å²) in [5.41, 5.74) is 0.348. The SMILES string of the molecule is O=C(c1ccc(Cn2ccccc2=O)o1)N(Cc1ccccc1F)C1CC1. The van der Waals surface area contributed by atoms with E-state index >= 15 is 0 Å². The molecule has 2 heterocycles. The second-order valence-corrected chi connectivity index (χ2v) is 6.69. The zero-order valence-corrected chi connectivity index (χ0v) is 14.7. The Bertz CT molecular complexity index is 1020. The average molecular weight is 366 g/mol. The van der Waals surface area contributed by atoms with E-state index in [1.54, 1.807) is 53.6 Å². The van der Waals surface area contributed by atoms with Crippen LogP contribution in [0.1, 0.15) is 34.7 Å². The molecule has 0 saturated heterocycles. The van der Waals surface area contributed by atoms with Gasteiger partial charge in [0.25, 0.3) is 11.5 Å². The Morgan fingerprint density at radius 3 is 2.63 bits per heavy atom. The molecule has 0 spiro atoms. The minimum absolute atomic E-state index is 0.113. The highest BCUT2D eigenvalue weighted by atomic mass is 19.1. The summed E-state index contributed by atoms with van der Waals surface area (Å²) in [6.45, 7) is 0.466. The lowest BCUT2D eigenvalue weighted by Crippen LogP contribution is -2.32. The molecule has 3 aromatic rings. The van der Waals surface area contributed by atoms with Crippen molar-refractivity contribution in [2.45, 2.75) is 32.0 Å². The fraction of sp³-hybridized carbons (Fsp3) is 0.238. The third kappa shape index (κ3) is 3.84. The second-order valence-electron chi connectivity index (χ2n) is 6.69. The van der Waals surface area contributed by atoms with E-state index in [9.17, 15) is 14.0 Å². The molecule has 1 aliphatic rings. The number of carbonyl (C=O) groups excluding carboxylic acids is 1. The number of benzene rings is 1. The van der Waals surface area contributed by atoms with Gasteiger partial charge in [-0.3, -0.25) is 9.59 Å². The molecule has 1 aromatic carbocycles. The summed E-state index contributed by atoms with van der Waals surface area (Å²) in [7, 11) is 0. The first-order valence-corrected chi connectivity index (χ1v) is 8.90. The largest absolute Gasteiger partial charge is 0.454 e. The molecule has 6 heteroatoms. The Labute approximate surface area is 155 Å². The van der Waals surface area contributed by atoms with Crippen molar-refractivity contribution in [1.82, 2.24) is 9.47 Å². The van der Waals surface area contributed by atoms with Crippen LogP contribution in [0.2, 0.25) is 0 Å². The van der Waals surface area contributed by atoms with E-state index in [2.05, 4.69) is 0 Å². The van der Waals surface area contributed by atoms with Gasteiger partial charge in [0.2, 0.25) is 0 Å². The Kier molecular flexibility index (Phi) is 4.62. The first kappa shape index (κ1) is 17.3. The molecular weight excluding hydrogens is 347 g/mol. The molecule has 1 amide bonds. The van der Waals surface area contributed by atoms with Crippen LogP contribution in [0, 0.1) is 5.82 Å². The lowest BCUT2D eigenvalue weighted by atomic mass is 10.2. The highest BCUT2D eigenvalue weighted by molar-refractivity contribution is 5.92. The van der Waals surface area contributed by atoms with Crippen molar-refractivity contribution in [1.29, 1.82) is 0 Å². The lowest BCUT2D eigenvalue weighted by Gasteiger charge is -2.21. The van der Waals surface area contributed by atoms with Crippen molar-refractivity contribution in [2.75, 3.05) is 0 Å². The maximum atomic E-state index is 14.0. The van der Waals surface area contributed by atoms with Gasteiger partial charge >= 0.3 is 0 Å². The molecule has 0 atom stereocenters. The van der Waals surface area contributed by atoms with Crippen molar-refractivity contribution in [3.05, 3.63) is 94.0 Å². The third-order valence-electron chi connectivity index (χ3n) is 4.64. The molecule has 1 fully saturated rings. The summed E-state index contributed by atoms with van der Waals surface area (Å²) in [4.78, 5) is 26.4. The minimum Gasteiger partial charge on any atom is -0.454 e. The maximum absolute atomic E-state index is 14.0. The molecule has 27 heavy (non-hydrogen) atoms. The molecule has 0 radical (unpaired) electrons. The second kappa shape index (κ2) is 7.23. The van der Waals surface area contributed by atoms with E-state index in [0.29, 0.717) is 11.3 Å². The Hall–Kier alpha value is -3.15. The predicted octanol–water partition coefficient (Wildman–Crippen LogP) is 3.43. The summed E-state index contributed by atoms with van der Waals surface area (Å²) >= 11 is 0. The normalized spacial score (nSPS) is 13.5. The van der Waals surface area contributed by atoms with Crippen LogP contribution in [0.25, 0.3) is 0 Å². The van der Waals surface area contributed by atoms with Crippen LogP contribution < -0.4 is 5.56 Å². The van der Waals surface area contributed by atoms with Crippen molar-refractivity contribution in [2.24, 2.45) is 0 Å². The fourth-order valence-electron chi connectivity index (χ4n) is 3.04. The van der Waals surface area contributed by atoms with E-state index in [0.717, 1.165) is 12.8 Å². The lowest BCUT2D eigenvalue weighted by molar-refractivity contribution is 0.0693. The summed E-state index contributed by atoms with van der Waals surface area (Å²) < 4.78 is 21.2. The number of hydrogen-bond acceptors (Lipinski definition) is 3. The van der Waals surface area contributed by atoms with E-state index < -0.39 is 0 Å². The number of rotatable bonds is 6. The van der Waals surface area contributed by atoms with Gasteiger partial charge in [0.15, 0.2) is 5.76 Å². The first-order chi connectivity index (χ1) is 13.1. The monoisotopic (exact) mass is 366 g/mol. The topological polar surface area (TPSA) is 55.5 Å². The van der Waals surface area contributed by atoms with Gasteiger partial charge < -0.3 is 13.9 Å². The molecule has 1 aliphatic carbocycles. The van der Waals surface area contributed by atoms with E-state index in [4.69, 9.17) is 4.42 Å². The zero-order valence-electron chi connectivity index (χ0n) is 14.7. The number of nitrogens with zero attached hydrogens (tertiary/aromatic N) is 2. The molecule has 0 N–H and O–H groups in total. The van der Waals surface area contributed by atoms with Gasteiger partial charge in [0, 0.05) is 30.4 Å². The molecule has 0 aliphatic heterocycles. The van der Waals surface area contributed by atoms with E-state index in [1.807, 2.05) is 0 Å². The van der Waals surface area contributed by atoms with Crippen LogP contribution >= 0.6 is 0 Å². The number of carbonyl (C=O) groups is 1. The van der Waals surface area contributed by atoms with Crippen molar-refractivity contribution in [3.8, 4) is 0 Å². The predicted molar refractivity (Wildman–Crippen MR) is 97.8 cm³/mol. The molecule has 138 valence electrons. The Balaban J connectivity index is 1.53. The Morgan fingerprint density at radius 1 is 1.11 bits per heavy atom. The fourth-order valence-corrected chi connectivity index (χ4v) is 3.04. The summed E-state index contributed by atoms with van der Waals surface area (Å²) in [6, 6.07) is 14.8. The van der Waals surface area contributed by atoms with Gasteiger partial charge in [-0.1, -0.05) is 24.3 Å². The molecule has 5 nitrogen and oxygen atoms in total. The summed E-state index contributed by atoms with van der Waals surface area (Å²) in [6.07, 6.45) is 3.49. The quantitative estimate of drug-likeness (QED) is 0.672. The van der Waals surface area contributed by atoms with Crippen LogP contribution in [0.15, 0.2) is 70.0 Å². The van der Waals surface area contributed by atoms with Crippen LogP contribution in [0.3, 0.4) is 0 Å². The van der Waals surface area contributed by atoms with E-state index in [-0.39, 0.29) is 42.2 Å². The highest BCUT2D eigenvalue weighted by Crippen LogP contribution is 2.30. The van der Waals surface area contributed by atoms with Crippen molar-refractivity contribution >= 4 is 5.91 Å². The number of aromatic nitrogens is 1. The number of hydrogen-bond donors (Lipinski definition) is 0. The molecular formula is C21H19FN2O3. The minimum atomic E-state index is -0.320. The van der Waals surface area contributed by atoms with Gasteiger partial charge in [-0.15, -0.1) is 0 Å². The third-order valence-corrected chi connectivity index (χ3v) is 4.64. The highest BCUT2D eigenvalue weighted by Gasteiger charge is 2.34. The van der Waals surface area contributed by atoms with Crippen LogP contribution in [0.5, 0.6) is 0 Å². The molecule has 0 bridgehead atoms. The van der Waals surface area contributed by atoms with Crippen LogP contribution in [-0.2, 0) is 13.1 Å². The molecule has 0 unspecified atom stereocenters. The number of halogens is 1. The number of amides is 1. The molecule has 4 rings (SSSR count). The average Bonchev–Trinajstić information content (AvgIpc) is 3.40. The summed E-state index contributed by atoms with van der Waals surface area (Å²) in [5, 5.41) is 0. The molecule has 1 saturated carbocycles. The first-order valence-electron chi connectivity index (χ1n) is 8.90. The van der Waals surface area contributed by atoms with Crippen LogP contribution in [0.4, 0.5) is 4.39 Å². The number of pyridine rings is 1. The van der Waals surface area contributed by atoms with Crippen molar-refractivity contribution in [3.63, 3.8) is 0 Å². The zero-order chi connectivity index (χ0) is 18.8. The van der Waals surface area contributed by atoms with Crippen LogP contribution in [-0.4, -0.2) is 21.4 Å².